The Labute approximate surface area is 102 Å². The second-order valence-corrected chi connectivity index (χ2v) is 4.47. The van der Waals surface area contributed by atoms with Gasteiger partial charge in [0.05, 0.1) is 12.5 Å². The largest absolute Gasteiger partial charge is 0.392 e. The van der Waals surface area contributed by atoms with Crippen molar-refractivity contribution in [3.63, 3.8) is 0 Å². The maximum absolute atomic E-state index is 10.7. The van der Waals surface area contributed by atoms with Gasteiger partial charge in [-0.1, -0.05) is 13.0 Å². The van der Waals surface area contributed by atoms with Crippen molar-refractivity contribution in [1.82, 2.24) is 4.98 Å². The van der Waals surface area contributed by atoms with Gasteiger partial charge in [-0.3, -0.25) is 9.78 Å². The van der Waals surface area contributed by atoms with E-state index in [2.05, 4.69) is 4.98 Å². The third-order valence-corrected chi connectivity index (χ3v) is 2.91. The van der Waals surface area contributed by atoms with Crippen LogP contribution in [0.2, 0.25) is 0 Å². The summed E-state index contributed by atoms with van der Waals surface area (Å²) in [4.78, 5) is 14.7. The number of pyridine rings is 1. The first kappa shape index (κ1) is 13.6. The Morgan fingerprint density at radius 2 is 2.35 bits per heavy atom. The summed E-state index contributed by atoms with van der Waals surface area (Å²) in [6.45, 7) is 1.94. The zero-order valence-corrected chi connectivity index (χ0v) is 10.2. The second kappa shape index (κ2) is 7.01. The van der Waals surface area contributed by atoms with Crippen LogP contribution >= 0.6 is 0 Å². The minimum atomic E-state index is -0.624. The fraction of sp³-hybridized carbons (Fsp3) is 0.538. The van der Waals surface area contributed by atoms with Gasteiger partial charge in [-0.15, -0.1) is 0 Å². The van der Waals surface area contributed by atoms with E-state index in [1.807, 2.05) is 25.3 Å². The molecular weight excluding hydrogens is 216 g/mol. The van der Waals surface area contributed by atoms with E-state index in [4.69, 9.17) is 5.73 Å². The molecular formula is C13H20N2O2. The number of aromatic nitrogens is 1. The molecule has 0 aliphatic rings. The third kappa shape index (κ3) is 5.45. The molecule has 0 fully saturated rings. The molecule has 1 aromatic rings. The molecule has 0 unspecified atom stereocenters. The van der Waals surface area contributed by atoms with E-state index in [-0.39, 0.29) is 12.3 Å². The number of nitrogens with zero attached hydrogens (tertiary/aromatic N) is 1. The smallest absolute Gasteiger partial charge is 0.220 e. The average molecular weight is 236 g/mol. The van der Waals surface area contributed by atoms with E-state index in [0.717, 1.165) is 19.3 Å². The van der Waals surface area contributed by atoms with Crippen LogP contribution in [0, 0.1) is 5.92 Å². The Balaban J connectivity index is 2.24. The van der Waals surface area contributed by atoms with Crippen LogP contribution in [-0.4, -0.2) is 22.1 Å². The normalized spacial score (nSPS) is 14.2. The number of rotatable bonds is 7. The summed E-state index contributed by atoms with van der Waals surface area (Å²) in [5.74, 6) is -0.351. The third-order valence-electron chi connectivity index (χ3n) is 2.91. The predicted octanol–water partition coefficient (Wildman–Crippen LogP) is 1.28. The first-order chi connectivity index (χ1) is 8.09. The van der Waals surface area contributed by atoms with Crippen LogP contribution in [0.3, 0.4) is 0 Å². The number of aliphatic hydroxyl groups excluding tert-OH is 1. The minimum absolute atomic E-state index is 0.0497. The monoisotopic (exact) mass is 236 g/mol. The van der Waals surface area contributed by atoms with Crippen molar-refractivity contribution in [2.24, 2.45) is 11.7 Å². The van der Waals surface area contributed by atoms with Gasteiger partial charge in [-0.05, 0) is 36.8 Å². The summed E-state index contributed by atoms with van der Waals surface area (Å²) in [6, 6.07) is 3.96. The van der Waals surface area contributed by atoms with Crippen LogP contribution in [0.25, 0.3) is 0 Å². The quantitative estimate of drug-likeness (QED) is 0.748. The SMILES string of the molecule is C[C@H](CCCc1cccnc1)[C@@H](O)CC(N)=O. The van der Waals surface area contributed by atoms with Crippen LogP contribution in [0.5, 0.6) is 0 Å². The van der Waals surface area contributed by atoms with Gasteiger partial charge in [-0.25, -0.2) is 0 Å². The van der Waals surface area contributed by atoms with Crippen LogP contribution in [0.15, 0.2) is 24.5 Å². The Morgan fingerprint density at radius 1 is 1.59 bits per heavy atom. The van der Waals surface area contributed by atoms with Crippen LogP contribution < -0.4 is 5.73 Å². The molecule has 0 spiro atoms. The molecule has 0 aliphatic carbocycles. The topological polar surface area (TPSA) is 76.2 Å². The second-order valence-electron chi connectivity index (χ2n) is 4.47. The Morgan fingerprint density at radius 3 is 2.94 bits per heavy atom. The van der Waals surface area contributed by atoms with Crippen molar-refractivity contribution in [2.75, 3.05) is 0 Å². The highest BCUT2D eigenvalue weighted by Gasteiger charge is 2.15. The van der Waals surface area contributed by atoms with Gasteiger partial charge in [0.1, 0.15) is 0 Å². The summed E-state index contributed by atoms with van der Waals surface area (Å²) in [7, 11) is 0. The fourth-order valence-electron chi connectivity index (χ4n) is 1.77. The first-order valence-electron chi connectivity index (χ1n) is 5.95. The Kier molecular flexibility index (Phi) is 5.63. The van der Waals surface area contributed by atoms with Crippen molar-refractivity contribution < 1.29 is 9.90 Å². The van der Waals surface area contributed by atoms with E-state index in [1.165, 1.54) is 5.56 Å². The lowest BCUT2D eigenvalue weighted by Gasteiger charge is -2.17. The first-order valence-corrected chi connectivity index (χ1v) is 5.95. The zero-order valence-electron chi connectivity index (χ0n) is 10.2. The summed E-state index contributed by atoms with van der Waals surface area (Å²) < 4.78 is 0. The van der Waals surface area contributed by atoms with Crippen LogP contribution in [-0.2, 0) is 11.2 Å². The lowest BCUT2D eigenvalue weighted by molar-refractivity contribution is -0.120. The zero-order chi connectivity index (χ0) is 12.7. The number of hydrogen-bond donors (Lipinski definition) is 2. The molecule has 3 N–H and O–H groups in total. The fourth-order valence-corrected chi connectivity index (χ4v) is 1.77. The molecule has 94 valence electrons. The molecule has 17 heavy (non-hydrogen) atoms. The molecule has 2 atom stereocenters. The lowest BCUT2D eigenvalue weighted by atomic mass is 9.95. The summed E-state index contributed by atoms with van der Waals surface area (Å²) in [5, 5.41) is 9.67. The lowest BCUT2D eigenvalue weighted by Crippen LogP contribution is -2.25. The number of nitrogens with two attached hydrogens (primary N) is 1. The molecule has 1 rings (SSSR count). The van der Waals surface area contributed by atoms with Gasteiger partial charge in [-0.2, -0.15) is 0 Å². The number of carbonyl (C=O) groups excluding carboxylic acids is 1. The van der Waals surface area contributed by atoms with Gasteiger partial charge in [0.25, 0.3) is 0 Å². The minimum Gasteiger partial charge on any atom is -0.392 e. The molecule has 4 nitrogen and oxygen atoms in total. The van der Waals surface area contributed by atoms with Gasteiger partial charge in [0.2, 0.25) is 5.91 Å². The van der Waals surface area contributed by atoms with Crippen molar-refractivity contribution in [3.05, 3.63) is 30.1 Å². The van der Waals surface area contributed by atoms with Gasteiger partial charge in [0.15, 0.2) is 0 Å². The highest BCUT2D eigenvalue weighted by molar-refractivity contribution is 5.74. The maximum atomic E-state index is 10.7. The van der Waals surface area contributed by atoms with E-state index >= 15 is 0 Å². The maximum Gasteiger partial charge on any atom is 0.220 e. The number of aliphatic hydroxyl groups is 1. The number of carbonyl (C=O) groups is 1. The van der Waals surface area contributed by atoms with E-state index in [0.29, 0.717) is 0 Å². The van der Waals surface area contributed by atoms with Crippen LogP contribution in [0.4, 0.5) is 0 Å². The number of hydrogen-bond acceptors (Lipinski definition) is 3. The van der Waals surface area contributed by atoms with Gasteiger partial charge >= 0.3 is 0 Å². The average Bonchev–Trinajstić information content (AvgIpc) is 2.29. The van der Waals surface area contributed by atoms with Crippen molar-refractivity contribution in [2.45, 2.75) is 38.7 Å². The molecule has 0 saturated carbocycles. The molecule has 1 amide bonds. The number of primary amides is 1. The van der Waals surface area contributed by atoms with Crippen LogP contribution in [0.1, 0.15) is 31.7 Å². The molecule has 1 heterocycles. The van der Waals surface area contributed by atoms with Crippen molar-refractivity contribution >= 4 is 5.91 Å². The molecule has 0 saturated heterocycles. The summed E-state index contributed by atoms with van der Waals surface area (Å²) in [6.07, 6.45) is 5.83. The van der Waals surface area contributed by atoms with Crippen molar-refractivity contribution in [3.8, 4) is 0 Å². The van der Waals surface area contributed by atoms with Gasteiger partial charge in [0, 0.05) is 12.4 Å². The van der Waals surface area contributed by atoms with E-state index < -0.39 is 12.0 Å². The highest BCUT2D eigenvalue weighted by Crippen LogP contribution is 2.15. The van der Waals surface area contributed by atoms with Gasteiger partial charge < -0.3 is 10.8 Å². The Bertz CT molecular complexity index is 341. The number of aryl methyl sites for hydroxylation is 1. The molecule has 0 aromatic carbocycles. The molecule has 0 aliphatic heterocycles. The molecule has 1 aromatic heterocycles. The molecule has 0 bridgehead atoms. The molecule has 4 heteroatoms. The number of amides is 1. The standard InChI is InChI=1S/C13H20N2O2/c1-10(12(16)8-13(14)17)4-2-5-11-6-3-7-15-9-11/h3,6-7,9-10,12,16H,2,4-5,8H2,1H3,(H2,14,17)/t10-,12+/m1/s1. The Hall–Kier alpha value is -1.42. The van der Waals surface area contributed by atoms with Crippen molar-refractivity contribution in [1.29, 1.82) is 0 Å². The molecule has 0 radical (unpaired) electrons. The van der Waals surface area contributed by atoms with E-state index in [9.17, 15) is 9.90 Å². The van der Waals surface area contributed by atoms with E-state index in [1.54, 1.807) is 6.20 Å². The predicted molar refractivity (Wildman–Crippen MR) is 66.2 cm³/mol. The summed E-state index contributed by atoms with van der Waals surface area (Å²) in [5.41, 5.74) is 6.24. The highest BCUT2D eigenvalue weighted by atomic mass is 16.3. The summed E-state index contributed by atoms with van der Waals surface area (Å²) >= 11 is 0.